The van der Waals surface area contributed by atoms with E-state index in [-0.39, 0.29) is 11.0 Å². The number of nitrogens with zero attached hydrogens (tertiary/aromatic N) is 1. The highest BCUT2D eigenvalue weighted by Crippen LogP contribution is 2.32. The molecular formula is C27H32BrN. The minimum Gasteiger partial charge on any atom is -0.270 e. The fraction of sp³-hybridized carbons (Fsp3) is 0.444. The van der Waals surface area contributed by atoms with E-state index in [1.807, 2.05) is 30.3 Å². The summed E-state index contributed by atoms with van der Waals surface area (Å²) in [5.41, 5.74) is 5.96. The fourth-order valence-corrected chi connectivity index (χ4v) is 4.96. The van der Waals surface area contributed by atoms with Gasteiger partial charge in [0, 0.05) is 15.6 Å². The molecule has 152 valence electrons. The zero-order valence-electron chi connectivity index (χ0n) is 18.4. The maximum Gasteiger partial charge on any atom is 0.116 e. The van der Waals surface area contributed by atoms with E-state index in [1.165, 1.54) is 30.4 Å². The van der Waals surface area contributed by atoms with E-state index in [1.54, 1.807) is 0 Å². The second kappa shape index (κ2) is 8.88. The zero-order valence-corrected chi connectivity index (χ0v) is 20.0. The van der Waals surface area contributed by atoms with E-state index in [9.17, 15) is 0 Å². The molecule has 0 radical (unpaired) electrons. The highest BCUT2D eigenvalue weighted by molar-refractivity contribution is 9.10. The average Bonchev–Trinajstić information content (AvgIpc) is 2.63. The zero-order chi connectivity index (χ0) is 21.1. The lowest BCUT2D eigenvalue weighted by Gasteiger charge is -2.29. The van der Waals surface area contributed by atoms with Crippen LogP contribution in [0.15, 0.2) is 51.9 Å². The third-order valence-electron chi connectivity index (χ3n) is 5.16. The second-order valence-corrected chi connectivity index (χ2v) is 10.8. The van der Waals surface area contributed by atoms with Gasteiger partial charge in [0.05, 0.1) is 5.54 Å². The van der Waals surface area contributed by atoms with Gasteiger partial charge in [-0.1, -0.05) is 60.8 Å². The lowest BCUT2D eigenvalue weighted by molar-refractivity contribution is 0.288. The average molecular weight is 450 g/mol. The summed E-state index contributed by atoms with van der Waals surface area (Å²) in [6.07, 6.45) is 5.88. The Bertz CT molecular complexity index is 950. The molecule has 0 saturated heterocycles. The molecule has 0 unspecified atom stereocenters. The molecule has 0 aromatic heterocycles. The highest BCUT2D eigenvalue weighted by atomic mass is 79.9. The summed E-state index contributed by atoms with van der Waals surface area (Å²) in [5.74, 6) is 6.75. The number of rotatable bonds is 3. The molecule has 2 aromatic rings. The highest BCUT2D eigenvalue weighted by Gasteiger charge is 2.26. The molecule has 0 saturated carbocycles. The number of fused-ring (bicyclic) bond motifs is 1. The molecule has 0 atom stereocenters. The van der Waals surface area contributed by atoms with Crippen molar-refractivity contribution < 1.29 is 0 Å². The molecule has 29 heavy (non-hydrogen) atoms. The first-order valence-electron chi connectivity index (χ1n) is 10.6. The Kier molecular flexibility index (Phi) is 6.69. The van der Waals surface area contributed by atoms with E-state index in [0.717, 1.165) is 34.2 Å². The lowest BCUT2D eigenvalue weighted by Crippen LogP contribution is -2.26. The number of hydrogen-bond acceptors (Lipinski definition) is 1. The molecule has 0 spiro atoms. The minimum atomic E-state index is -0.186. The van der Waals surface area contributed by atoms with Crippen LogP contribution in [0.5, 0.6) is 0 Å². The quantitative estimate of drug-likeness (QED) is 0.342. The van der Waals surface area contributed by atoms with Crippen LogP contribution in [-0.4, -0.2) is 11.3 Å². The predicted octanol–water partition coefficient (Wildman–Crippen LogP) is 7.38. The van der Waals surface area contributed by atoms with Gasteiger partial charge in [-0.2, -0.15) is 0 Å². The van der Waals surface area contributed by atoms with E-state index in [4.69, 9.17) is 4.99 Å². The molecule has 0 N–H and O–H groups in total. The van der Waals surface area contributed by atoms with Crippen LogP contribution in [0.25, 0.3) is 0 Å². The first kappa shape index (κ1) is 21.8. The summed E-state index contributed by atoms with van der Waals surface area (Å²) in [5, 5.41) is 0. The van der Waals surface area contributed by atoms with Gasteiger partial charge < -0.3 is 0 Å². The van der Waals surface area contributed by atoms with Crippen LogP contribution >= 0.6 is 15.9 Å². The van der Waals surface area contributed by atoms with E-state index >= 15 is 0 Å². The van der Waals surface area contributed by atoms with Crippen LogP contribution < -0.4 is 0 Å². The Morgan fingerprint density at radius 3 is 2.21 bits per heavy atom. The van der Waals surface area contributed by atoms with Gasteiger partial charge in [0.25, 0.3) is 0 Å². The molecule has 0 bridgehead atoms. The topological polar surface area (TPSA) is 12.4 Å². The number of halogens is 1. The van der Waals surface area contributed by atoms with Crippen molar-refractivity contribution in [2.45, 2.75) is 72.3 Å². The van der Waals surface area contributed by atoms with Crippen molar-refractivity contribution in [3.8, 4) is 11.8 Å². The van der Waals surface area contributed by atoms with Crippen LogP contribution in [0.4, 0.5) is 0 Å². The van der Waals surface area contributed by atoms with Crippen LogP contribution in [0.2, 0.25) is 0 Å². The van der Waals surface area contributed by atoms with Gasteiger partial charge >= 0.3 is 0 Å². The van der Waals surface area contributed by atoms with Crippen LogP contribution in [-0.2, 0) is 12.8 Å². The molecular weight excluding hydrogens is 418 g/mol. The third-order valence-corrected chi connectivity index (χ3v) is 5.82. The first-order chi connectivity index (χ1) is 13.6. The molecule has 0 fully saturated rings. The lowest BCUT2D eigenvalue weighted by atomic mass is 9.82. The summed E-state index contributed by atoms with van der Waals surface area (Å²) in [4.78, 5) is 5.20. The largest absolute Gasteiger partial charge is 0.270 e. The molecule has 2 aromatic carbocycles. The maximum absolute atomic E-state index is 5.20. The van der Waals surface area contributed by atoms with Crippen molar-refractivity contribution in [2.24, 2.45) is 10.4 Å². The molecule has 1 aliphatic rings. The van der Waals surface area contributed by atoms with Gasteiger partial charge in [-0.05, 0) is 92.7 Å². The van der Waals surface area contributed by atoms with Crippen molar-refractivity contribution in [2.75, 3.05) is 0 Å². The standard InChI is InChI=1S/C27H32BrN/c1-26(2,3)19-27(4,5)29-25(16-15-20-11-7-6-8-12-20)23-17-21-13-9-10-14-22(21)18-24(23)28/h6-8,11-12,17-18H,9-10,13-14,19H2,1-5H3. The third kappa shape index (κ3) is 6.31. The smallest absolute Gasteiger partial charge is 0.116 e. The van der Waals surface area contributed by atoms with Crippen molar-refractivity contribution in [3.05, 3.63) is 69.2 Å². The predicted molar refractivity (Wildman–Crippen MR) is 129 cm³/mol. The Morgan fingerprint density at radius 1 is 0.966 bits per heavy atom. The monoisotopic (exact) mass is 449 g/mol. The minimum absolute atomic E-state index is 0.186. The summed E-state index contributed by atoms with van der Waals surface area (Å²) in [6, 6.07) is 14.8. The van der Waals surface area contributed by atoms with Gasteiger partial charge in [0.2, 0.25) is 0 Å². The molecule has 1 nitrogen and oxygen atoms in total. The Balaban J connectivity index is 2.08. The molecule has 0 heterocycles. The van der Waals surface area contributed by atoms with Crippen LogP contribution in [0.1, 0.15) is 76.1 Å². The van der Waals surface area contributed by atoms with Gasteiger partial charge in [-0.3, -0.25) is 4.99 Å². The number of benzene rings is 2. The molecule has 2 heteroatoms. The summed E-state index contributed by atoms with van der Waals surface area (Å²) >= 11 is 3.82. The number of hydrogen-bond donors (Lipinski definition) is 0. The molecule has 0 aliphatic heterocycles. The normalized spacial score (nSPS) is 14.8. The fourth-order valence-electron chi connectivity index (χ4n) is 4.39. The SMILES string of the molecule is CC(C)(C)CC(C)(C)N=C(C#Cc1ccccc1)c1cc2c(cc1Br)CCCC2. The van der Waals surface area contributed by atoms with Crippen LogP contribution in [0, 0.1) is 17.3 Å². The van der Waals surface area contributed by atoms with Crippen molar-refractivity contribution in [1.82, 2.24) is 0 Å². The van der Waals surface area contributed by atoms with Crippen molar-refractivity contribution >= 4 is 21.6 Å². The van der Waals surface area contributed by atoms with E-state index in [0.29, 0.717) is 0 Å². The Labute approximate surface area is 185 Å². The molecule has 1 aliphatic carbocycles. The van der Waals surface area contributed by atoms with Gasteiger partial charge in [-0.15, -0.1) is 0 Å². The summed E-state index contributed by atoms with van der Waals surface area (Å²) in [6.45, 7) is 11.3. The summed E-state index contributed by atoms with van der Waals surface area (Å²) in [7, 11) is 0. The summed E-state index contributed by atoms with van der Waals surface area (Å²) < 4.78 is 1.10. The Hall–Kier alpha value is -1.85. The second-order valence-electron chi connectivity index (χ2n) is 9.93. The number of aliphatic imine (C=N–C) groups is 1. The van der Waals surface area contributed by atoms with Gasteiger partial charge in [0.15, 0.2) is 0 Å². The van der Waals surface area contributed by atoms with E-state index in [2.05, 4.69) is 74.5 Å². The van der Waals surface area contributed by atoms with Crippen LogP contribution in [0.3, 0.4) is 0 Å². The first-order valence-corrected chi connectivity index (χ1v) is 11.4. The van der Waals surface area contributed by atoms with Gasteiger partial charge in [-0.25, -0.2) is 0 Å². The molecule has 3 rings (SSSR count). The van der Waals surface area contributed by atoms with Crippen molar-refractivity contribution in [3.63, 3.8) is 0 Å². The van der Waals surface area contributed by atoms with Gasteiger partial charge in [0.1, 0.15) is 5.71 Å². The Morgan fingerprint density at radius 2 is 1.59 bits per heavy atom. The van der Waals surface area contributed by atoms with Crippen molar-refractivity contribution in [1.29, 1.82) is 0 Å². The molecule has 0 amide bonds. The number of aryl methyl sites for hydroxylation is 2. The maximum atomic E-state index is 5.20. The van der Waals surface area contributed by atoms with E-state index < -0.39 is 0 Å².